The van der Waals surface area contributed by atoms with E-state index in [2.05, 4.69) is 66.5 Å². The molecule has 0 spiro atoms. The molecule has 1 aliphatic rings. The molecule has 21 heavy (non-hydrogen) atoms. The van der Waals surface area contributed by atoms with Gasteiger partial charge in [0.2, 0.25) is 0 Å². The summed E-state index contributed by atoms with van der Waals surface area (Å²) >= 11 is 4.04. The van der Waals surface area contributed by atoms with Gasteiger partial charge in [-0.05, 0) is 42.7 Å². The van der Waals surface area contributed by atoms with Crippen LogP contribution in [0.2, 0.25) is 0 Å². The minimum absolute atomic E-state index is 0.719. The zero-order valence-corrected chi connectivity index (χ0v) is 14.2. The Morgan fingerprint density at radius 1 is 1.14 bits per heavy atom. The van der Waals surface area contributed by atoms with Crippen molar-refractivity contribution in [2.75, 3.05) is 5.75 Å². The van der Waals surface area contributed by atoms with E-state index in [9.17, 15) is 0 Å². The molecule has 1 aliphatic carbocycles. The second-order valence-electron chi connectivity index (χ2n) is 5.60. The number of rotatable bonds is 6. The first kappa shape index (κ1) is 15.1. The van der Waals surface area contributed by atoms with Crippen LogP contribution in [0.3, 0.4) is 0 Å². The quantitative estimate of drug-likeness (QED) is 0.788. The third kappa shape index (κ3) is 4.12. The zero-order chi connectivity index (χ0) is 14.5. The molecule has 2 aromatic rings. The summed E-state index contributed by atoms with van der Waals surface area (Å²) in [6.45, 7) is 3.29. The molecule has 0 amide bonds. The number of thioether (sulfide) groups is 1. The third-order valence-corrected chi connectivity index (χ3v) is 6.44. The predicted molar refractivity (Wildman–Crippen MR) is 96.2 cm³/mol. The highest BCUT2D eigenvalue weighted by molar-refractivity contribution is 7.99. The number of hydrogen-bond donors (Lipinski definition) is 1. The Bertz CT molecular complexity index is 549. The summed E-state index contributed by atoms with van der Waals surface area (Å²) in [5.41, 5.74) is 1.33. The molecule has 112 valence electrons. The van der Waals surface area contributed by atoms with E-state index in [1.165, 1.54) is 40.3 Å². The topological polar surface area (TPSA) is 12.0 Å². The molecule has 0 saturated heterocycles. The Labute approximate surface area is 136 Å². The summed E-state index contributed by atoms with van der Waals surface area (Å²) in [5, 5.41) is 4.63. The summed E-state index contributed by atoms with van der Waals surface area (Å²) in [6.07, 6.45) is 4.07. The normalized spacial score (nSPS) is 21.8. The Balaban J connectivity index is 1.52. The Morgan fingerprint density at radius 2 is 2.00 bits per heavy atom. The molecular formula is C18H23NS2. The number of benzene rings is 1. The van der Waals surface area contributed by atoms with E-state index in [1.807, 2.05) is 11.3 Å². The molecule has 0 bridgehead atoms. The molecule has 3 heteroatoms. The monoisotopic (exact) mass is 317 g/mol. The van der Waals surface area contributed by atoms with E-state index in [1.54, 1.807) is 0 Å². The van der Waals surface area contributed by atoms with Crippen LogP contribution in [0.25, 0.3) is 10.4 Å². The van der Waals surface area contributed by atoms with Crippen molar-refractivity contribution in [2.24, 2.45) is 0 Å². The average molecular weight is 318 g/mol. The Kier molecular flexibility index (Phi) is 5.39. The molecule has 1 N–H and O–H groups in total. The van der Waals surface area contributed by atoms with E-state index in [0.717, 1.165) is 17.8 Å². The van der Waals surface area contributed by atoms with Gasteiger partial charge in [0.05, 0.1) is 0 Å². The van der Waals surface area contributed by atoms with Crippen molar-refractivity contribution in [1.29, 1.82) is 0 Å². The lowest BCUT2D eigenvalue weighted by molar-refractivity contribution is 0.528. The van der Waals surface area contributed by atoms with Gasteiger partial charge < -0.3 is 5.32 Å². The molecule has 1 nitrogen and oxygen atoms in total. The maximum Gasteiger partial charge on any atom is 0.0346 e. The molecule has 1 fully saturated rings. The SMILES string of the molecule is CCSC1CCC(NCc2ccc(-c3ccccc3)s2)C1. The highest BCUT2D eigenvalue weighted by Gasteiger charge is 2.23. The van der Waals surface area contributed by atoms with Crippen molar-refractivity contribution in [3.8, 4) is 10.4 Å². The summed E-state index contributed by atoms with van der Waals surface area (Å²) in [7, 11) is 0. The molecule has 2 atom stereocenters. The van der Waals surface area contributed by atoms with Gasteiger partial charge in [0, 0.05) is 27.6 Å². The van der Waals surface area contributed by atoms with Gasteiger partial charge in [-0.25, -0.2) is 0 Å². The molecule has 3 rings (SSSR count). The van der Waals surface area contributed by atoms with Crippen molar-refractivity contribution >= 4 is 23.1 Å². The Hall–Kier alpha value is -0.770. The molecule has 1 aromatic heterocycles. The van der Waals surface area contributed by atoms with Gasteiger partial charge in [-0.3, -0.25) is 0 Å². The fourth-order valence-electron chi connectivity index (χ4n) is 2.99. The van der Waals surface area contributed by atoms with E-state index >= 15 is 0 Å². The molecule has 1 heterocycles. The molecular weight excluding hydrogens is 294 g/mol. The van der Waals surface area contributed by atoms with Crippen molar-refractivity contribution < 1.29 is 0 Å². The van der Waals surface area contributed by atoms with Crippen LogP contribution in [0.1, 0.15) is 31.1 Å². The lowest BCUT2D eigenvalue weighted by Crippen LogP contribution is -2.25. The van der Waals surface area contributed by atoms with Gasteiger partial charge in [0.25, 0.3) is 0 Å². The average Bonchev–Trinajstić information content (AvgIpc) is 3.16. The molecule has 0 aliphatic heterocycles. The fourth-order valence-corrected chi connectivity index (χ4v) is 5.09. The summed E-state index contributed by atoms with van der Waals surface area (Å²) in [4.78, 5) is 2.82. The van der Waals surface area contributed by atoms with Crippen molar-refractivity contribution in [3.05, 3.63) is 47.3 Å². The van der Waals surface area contributed by atoms with Crippen molar-refractivity contribution in [2.45, 2.75) is 44.0 Å². The molecule has 1 aromatic carbocycles. The summed E-state index contributed by atoms with van der Waals surface area (Å²) < 4.78 is 0. The van der Waals surface area contributed by atoms with Crippen LogP contribution in [0.5, 0.6) is 0 Å². The largest absolute Gasteiger partial charge is 0.309 e. The van der Waals surface area contributed by atoms with E-state index in [-0.39, 0.29) is 0 Å². The van der Waals surface area contributed by atoms with E-state index < -0.39 is 0 Å². The summed E-state index contributed by atoms with van der Waals surface area (Å²) in [5.74, 6) is 1.25. The van der Waals surface area contributed by atoms with Crippen molar-refractivity contribution in [1.82, 2.24) is 5.32 Å². The minimum Gasteiger partial charge on any atom is -0.309 e. The first-order valence-corrected chi connectivity index (χ1v) is 9.71. The molecule has 0 radical (unpaired) electrons. The zero-order valence-electron chi connectivity index (χ0n) is 12.5. The first-order chi connectivity index (χ1) is 10.3. The van der Waals surface area contributed by atoms with Crippen molar-refractivity contribution in [3.63, 3.8) is 0 Å². The van der Waals surface area contributed by atoms with Crippen LogP contribution in [-0.4, -0.2) is 17.0 Å². The summed E-state index contributed by atoms with van der Waals surface area (Å²) in [6, 6.07) is 15.9. The Morgan fingerprint density at radius 3 is 2.81 bits per heavy atom. The fraction of sp³-hybridized carbons (Fsp3) is 0.444. The van der Waals surface area contributed by atoms with Gasteiger partial charge in [-0.1, -0.05) is 37.3 Å². The molecule has 2 unspecified atom stereocenters. The van der Waals surface area contributed by atoms with Crippen LogP contribution in [0, 0.1) is 0 Å². The van der Waals surface area contributed by atoms with Crippen LogP contribution in [0.4, 0.5) is 0 Å². The standard InChI is InChI=1S/C18H23NS2/c1-2-20-16-9-8-15(12-16)19-13-17-10-11-18(21-17)14-6-4-3-5-7-14/h3-7,10-11,15-16,19H,2,8-9,12-13H2,1H3. The van der Waals surface area contributed by atoms with Gasteiger partial charge in [0.1, 0.15) is 0 Å². The molecule has 1 saturated carbocycles. The van der Waals surface area contributed by atoms with E-state index in [0.29, 0.717) is 0 Å². The lowest BCUT2D eigenvalue weighted by atomic mass is 10.2. The van der Waals surface area contributed by atoms with Crippen LogP contribution in [-0.2, 0) is 6.54 Å². The number of nitrogens with one attached hydrogen (secondary N) is 1. The highest BCUT2D eigenvalue weighted by Crippen LogP contribution is 2.31. The first-order valence-electron chi connectivity index (χ1n) is 7.84. The predicted octanol–water partition coefficient (Wildman–Crippen LogP) is 5.18. The minimum atomic E-state index is 0.719. The lowest BCUT2D eigenvalue weighted by Gasteiger charge is -2.12. The van der Waals surface area contributed by atoms with Crippen LogP contribution in [0.15, 0.2) is 42.5 Å². The second-order valence-corrected chi connectivity index (χ2v) is 8.35. The van der Waals surface area contributed by atoms with Gasteiger partial charge in [-0.2, -0.15) is 11.8 Å². The third-order valence-electron chi connectivity index (χ3n) is 4.07. The number of thiophene rings is 1. The van der Waals surface area contributed by atoms with Crippen LogP contribution < -0.4 is 5.32 Å². The van der Waals surface area contributed by atoms with Crippen LogP contribution >= 0.6 is 23.1 Å². The van der Waals surface area contributed by atoms with Gasteiger partial charge >= 0.3 is 0 Å². The van der Waals surface area contributed by atoms with Gasteiger partial charge in [-0.15, -0.1) is 11.3 Å². The maximum absolute atomic E-state index is 3.75. The maximum atomic E-state index is 3.75. The smallest absolute Gasteiger partial charge is 0.0346 e. The second kappa shape index (κ2) is 7.48. The van der Waals surface area contributed by atoms with Gasteiger partial charge in [0.15, 0.2) is 0 Å². The number of hydrogen-bond acceptors (Lipinski definition) is 3. The van der Waals surface area contributed by atoms with E-state index in [4.69, 9.17) is 0 Å². The highest BCUT2D eigenvalue weighted by atomic mass is 32.2.